The van der Waals surface area contributed by atoms with Gasteiger partial charge in [-0.1, -0.05) is 17.4 Å². The Balaban J connectivity index is 1.54. The maximum Gasteiger partial charge on any atom is 0.270 e. The van der Waals surface area contributed by atoms with Gasteiger partial charge in [-0.05, 0) is 24.3 Å². The summed E-state index contributed by atoms with van der Waals surface area (Å²) in [6, 6.07) is 11.9. The Morgan fingerprint density at radius 3 is 2.96 bits per heavy atom. The Labute approximate surface area is 157 Å². The lowest BCUT2D eigenvalue weighted by atomic mass is 10.2. The Morgan fingerprint density at radius 2 is 2.19 bits per heavy atom. The third-order valence-electron chi connectivity index (χ3n) is 4.13. The van der Waals surface area contributed by atoms with Crippen molar-refractivity contribution >= 4 is 49.2 Å². The minimum Gasteiger partial charge on any atom is -0.494 e. The number of nitro benzene ring substituents is 1. The molecule has 136 valence electrons. The summed E-state index contributed by atoms with van der Waals surface area (Å²) in [5, 5.41) is 14.9. The number of hydrogen-bond acceptors (Lipinski definition) is 6. The number of amides is 1. The Kier molecular flexibility index (Phi) is 4.21. The van der Waals surface area contributed by atoms with Crippen molar-refractivity contribution in [1.82, 2.24) is 9.55 Å². The number of aromatic nitrogens is 2. The van der Waals surface area contributed by atoms with Crippen LogP contribution in [0.4, 0.5) is 10.8 Å². The van der Waals surface area contributed by atoms with Crippen molar-refractivity contribution in [3.8, 4) is 5.75 Å². The van der Waals surface area contributed by atoms with E-state index >= 15 is 0 Å². The molecule has 0 atom stereocenters. The summed E-state index contributed by atoms with van der Waals surface area (Å²) in [4.78, 5) is 27.3. The molecule has 1 amide bonds. The van der Waals surface area contributed by atoms with Crippen LogP contribution in [-0.4, -0.2) is 27.5 Å². The van der Waals surface area contributed by atoms with Crippen LogP contribution in [0, 0.1) is 10.1 Å². The number of fused-ring (bicyclic) bond motifs is 2. The van der Waals surface area contributed by atoms with Gasteiger partial charge in [0.05, 0.1) is 16.7 Å². The summed E-state index contributed by atoms with van der Waals surface area (Å²) in [5.74, 6) is 0.422. The van der Waals surface area contributed by atoms with Gasteiger partial charge in [0.1, 0.15) is 17.8 Å². The molecular formula is C18H14N4O4S. The molecule has 0 aliphatic rings. The zero-order valence-electron chi connectivity index (χ0n) is 14.2. The van der Waals surface area contributed by atoms with Gasteiger partial charge in [-0.2, -0.15) is 0 Å². The van der Waals surface area contributed by atoms with E-state index in [-0.39, 0.29) is 18.1 Å². The molecule has 0 radical (unpaired) electrons. The molecule has 0 unspecified atom stereocenters. The lowest BCUT2D eigenvalue weighted by Gasteiger charge is -2.05. The fourth-order valence-corrected chi connectivity index (χ4v) is 3.79. The molecule has 0 saturated heterocycles. The van der Waals surface area contributed by atoms with Gasteiger partial charge < -0.3 is 14.6 Å². The van der Waals surface area contributed by atoms with Crippen LogP contribution in [-0.2, 0) is 11.3 Å². The van der Waals surface area contributed by atoms with Crippen molar-refractivity contribution in [1.29, 1.82) is 0 Å². The van der Waals surface area contributed by atoms with Crippen molar-refractivity contribution in [2.45, 2.75) is 6.54 Å². The van der Waals surface area contributed by atoms with Gasteiger partial charge in [-0.25, -0.2) is 4.98 Å². The molecule has 0 aliphatic carbocycles. The third-order valence-corrected chi connectivity index (χ3v) is 5.06. The monoisotopic (exact) mass is 382 g/mol. The van der Waals surface area contributed by atoms with E-state index < -0.39 is 4.92 Å². The smallest absolute Gasteiger partial charge is 0.270 e. The molecule has 0 fully saturated rings. The number of carbonyl (C=O) groups is 1. The molecule has 2 aromatic heterocycles. The van der Waals surface area contributed by atoms with E-state index in [9.17, 15) is 14.9 Å². The van der Waals surface area contributed by atoms with Crippen LogP contribution < -0.4 is 10.1 Å². The zero-order valence-corrected chi connectivity index (χ0v) is 15.0. The molecule has 2 aromatic carbocycles. The first-order chi connectivity index (χ1) is 13.0. The molecule has 4 rings (SSSR count). The summed E-state index contributed by atoms with van der Waals surface area (Å²) in [6.07, 6.45) is 1.73. The second kappa shape index (κ2) is 6.69. The third kappa shape index (κ3) is 3.20. The fraction of sp³-hybridized carbons (Fsp3) is 0.111. The first-order valence-electron chi connectivity index (χ1n) is 8.02. The molecule has 0 aliphatic heterocycles. The van der Waals surface area contributed by atoms with E-state index in [1.807, 2.05) is 18.2 Å². The number of carbonyl (C=O) groups excluding carboxylic acids is 1. The number of non-ortho nitro benzene ring substituents is 1. The van der Waals surface area contributed by atoms with Crippen LogP contribution in [0.1, 0.15) is 0 Å². The summed E-state index contributed by atoms with van der Waals surface area (Å²) in [7, 11) is 1.58. The number of anilines is 1. The van der Waals surface area contributed by atoms with Crippen LogP contribution in [0.25, 0.3) is 21.1 Å². The molecule has 9 heteroatoms. The van der Waals surface area contributed by atoms with Gasteiger partial charge in [-0.15, -0.1) is 0 Å². The molecule has 0 saturated carbocycles. The molecule has 0 spiro atoms. The highest BCUT2D eigenvalue weighted by atomic mass is 32.1. The Bertz CT molecular complexity index is 1180. The highest BCUT2D eigenvalue weighted by molar-refractivity contribution is 7.22. The van der Waals surface area contributed by atoms with Gasteiger partial charge in [0.15, 0.2) is 5.13 Å². The Hall–Kier alpha value is -3.46. The molecule has 4 aromatic rings. The zero-order chi connectivity index (χ0) is 19.0. The maximum absolute atomic E-state index is 12.4. The number of hydrogen-bond donors (Lipinski definition) is 1. The van der Waals surface area contributed by atoms with E-state index in [1.165, 1.54) is 23.5 Å². The standard InChI is InChI=1S/C18H14N4O4S/c1-26-14-3-2-4-15-17(14)20-18(27-15)19-16(23)10-21-8-7-11-9-12(22(24)25)5-6-13(11)21/h2-9H,10H2,1H3,(H,19,20,23). The van der Waals surface area contributed by atoms with Crippen molar-refractivity contribution in [2.75, 3.05) is 12.4 Å². The number of nitro groups is 1. The highest BCUT2D eigenvalue weighted by Gasteiger charge is 2.13. The molecule has 1 N–H and O–H groups in total. The van der Waals surface area contributed by atoms with Gasteiger partial charge >= 0.3 is 0 Å². The van der Waals surface area contributed by atoms with E-state index in [4.69, 9.17) is 4.74 Å². The van der Waals surface area contributed by atoms with Crippen LogP contribution >= 0.6 is 11.3 Å². The topological polar surface area (TPSA) is 99.3 Å². The number of thiazole rings is 1. The second-order valence-electron chi connectivity index (χ2n) is 5.82. The van der Waals surface area contributed by atoms with Crippen molar-refractivity contribution in [3.63, 3.8) is 0 Å². The number of rotatable bonds is 5. The molecule has 2 heterocycles. The van der Waals surface area contributed by atoms with Gasteiger partial charge in [-0.3, -0.25) is 14.9 Å². The number of nitrogens with one attached hydrogen (secondary N) is 1. The summed E-state index contributed by atoms with van der Waals surface area (Å²) < 4.78 is 7.94. The summed E-state index contributed by atoms with van der Waals surface area (Å²) in [6.45, 7) is 0.0777. The lowest BCUT2D eigenvalue weighted by molar-refractivity contribution is -0.384. The molecular weight excluding hydrogens is 368 g/mol. The van der Waals surface area contributed by atoms with E-state index in [1.54, 1.807) is 30.0 Å². The maximum atomic E-state index is 12.4. The number of methoxy groups -OCH3 is 1. The van der Waals surface area contributed by atoms with E-state index in [2.05, 4.69) is 10.3 Å². The average molecular weight is 382 g/mol. The summed E-state index contributed by atoms with van der Waals surface area (Å²) >= 11 is 1.37. The fourth-order valence-electron chi connectivity index (χ4n) is 2.89. The van der Waals surface area contributed by atoms with Crippen LogP contribution in [0.5, 0.6) is 5.75 Å². The van der Waals surface area contributed by atoms with Crippen molar-refractivity contribution < 1.29 is 14.5 Å². The highest BCUT2D eigenvalue weighted by Crippen LogP contribution is 2.32. The van der Waals surface area contributed by atoms with Crippen molar-refractivity contribution in [2.24, 2.45) is 0 Å². The number of benzene rings is 2. The lowest BCUT2D eigenvalue weighted by Crippen LogP contribution is -2.18. The average Bonchev–Trinajstić information content (AvgIpc) is 3.24. The minimum absolute atomic E-state index is 0.0214. The summed E-state index contributed by atoms with van der Waals surface area (Å²) in [5.41, 5.74) is 1.48. The van der Waals surface area contributed by atoms with E-state index in [0.29, 0.717) is 21.8 Å². The molecule has 0 bridgehead atoms. The first-order valence-corrected chi connectivity index (χ1v) is 8.83. The predicted molar refractivity (Wildman–Crippen MR) is 103 cm³/mol. The van der Waals surface area contributed by atoms with Gasteiger partial charge in [0, 0.05) is 29.2 Å². The predicted octanol–water partition coefficient (Wildman–Crippen LogP) is 3.81. The second-order valence-corrected chi connectivity index (χ2v) is 6.85. The molecule has 27 heavy (non-hydrogen) atoms. The number of nitrogens with zero attached hydrogens (tertiary/aromatic N) is 3. The number of para-hydroxylation sites is 1. The quantitative estimate of drug-likeness (QED) is 0.418. The van der Waals surface area contributed by atoms with Crippen LogP contribution in [0.3, 0.4) is 0 Å². The van der Waals surface area contributed by atoms with Gasteiger partial charge in [0.25, 0.3) is 5.69 Å². The first kappa shape index (κ1) is 17.0. The largest absolute Gasteiger partial charge is 0.494 e. The normalized spacial score (nSPS) is 11.0. The van der Waals surface area contributed by atoms with Crippen molar-refractivity contribution in [3.05, 3.63) is 58.8 Å². The van der Waals surface area contributed by atoms with Gasteiger partial charge in [0.2, 0.25) is 5.91 Å². The van der Waals surface area contributed by atoms with Crippen LogP contribution in [0.15, 0.2) is 48.7 Å². The SMILES string of the molecule is COc1cccc2sc(NC(=O)Cn3ccc4cc([N+](=O)[O-])ccc43)nc12. The molecule has 8 nitrogen and oxygen atoms in total. The van der Waals surface area contributed by atoms with E-state index in [0.717, 1.165) is 10.2 Å². The minimum atomic E-state index is -0.440. The Morgan fingerprint density at radius 1 is 1.33 bits per heavy atom. The van der Waals surface area contributed by atoms with Crippen LogP contribution in [0.2, 0.25) is 0 Å². The number of ether oxygens (including phenoxy) is 1.